The number of para-hydroxylation sites is 1. The molecule has 0 N–H and O–H groups in total. The average molecular weight is 332 g/mol. The number of thiazole rings is 1. The van der Waals surface area contributed by atoms with Gasteiger partial charge < -0.3 is 4.74 Å². The molecule has 0 saturated carbocycles. The van der Waals surface area contributed by atoms with Gasteiger partial charge in [0.05, 0.1) is 22.9 Å². The number of aromatic nitrogens is 1. The number of hydrogen-bond acceptors (Lipinski definition) is 4. The number of hydrogen-bond donors (Lipinski definition) is 0. The largest absolute Gasteiger partial charge is 0.376 e. The van der Waals surface area contributed by atoms with E-state index in [9.17, 15) is 4.79 Å². The van der Waals surface area contributed by atoms with Crippen LogP contribution in [-0.2, 0) is 16.0 Å². The standard InChI is InChI=1S/C18H24N2O2S/c1-3-7-16(21)20(12-14-9-6-11-22-14)18-19-17-13(4-2)8-5-10-15(17)23-18/h5,8,10,14H,3-4,6-7,9,11-12H2,1-2H3. The van der Waals surface area contributed by atoms with E-state index >= 15 is 0 Å². The second kappa shape index (κ2) is 7.41. The summed E-state index contributed by atoms with van der Waals surface area (Å²) >= 11 is 1.61. The third-order valence-electron chi connectivity index (χ3n) is 4.28. The van der Waals surface area contributed by atoms with Crippen molar-refractivity contribution in [2.45, 2.75) is 52.1 Å². The van der Waals surface area contributed by atoms with Crippen LogP contribution in [0.3, 0.4) is 0 Å². The summed E-state index contributed by atoms with van der Waals surface area (Å²) in [5, 5.41) is 0.815. The van der Waals surface area contributed by atoms with Gasteiger partial charge in [0.25, 0.3) is 0 Å². The zero-order chi connectivity index (χ0) is 16.2. The van der Waals surface area contributed by atoms with E-state index in [0.29, 0.717) is 13.0 Å². The third-order valence-corrected chi connectivity index (χ3v) is 5.32. The van der Waals surface area contributed by atoms with Crippen LogP contribution >= 0.6 is 11.3 Å². The minimum absolute atomic E-state index is 0.147. The van der Waals surface area contributed by atoms with Gasteiger partial charge >= 0.3 is 0 Å². The Morgan fingerprint density at radius 1 is 1.43 bits per heavy atom. The van der Waals surface area contributed by atoms with E-state index in [1.165, 1.54) is 5.56 Å². The Hall–Kier alpha value is -1.46. The Balaban J connectivity index is 1.92. The van der Waals surface area contributed by atoms with Gasteiger partial charge in [0.15, 0.2) is 5.13 Å². The fourth-order valence-corrected chi connectivity index (χ4v) is 4.06. The fraction of sp³-hybridized carbons (Fsp3) is 0.556. The number of amides is 1. The van der Waals surface area contributed by atoms with Crippen LogP contribution in [0.1, 0.15) is 45.1 Å². The van der Waals surface area contributed by atoms with Crippen molar-refractivity contribution in [1.29, 1.82) is 0 Å². The quantitative estimate of drug-likeness (QED) is 0.797. The molecule has 0 aliphatic carbocycles. The van der Waals surface area contributed by atoms with E-state index in [-0.39, 0.29) is 12.0 Å². The first-order valence-electron chi connectivity index (χ1n) is 8.53. The van der Waals surface area contributed by atoms with E-state index in [1.807, 2.05) is 11.8 Å². The molecule has 0 spiro atoms. The first kappa shape index (κ1) is 16.4. The molecule has 0 bridgehead atoms. The monoisotopic (exact) mass is 332 g/mol. The molecular weight excluding hydrogens is 308 g/mol. The second-order valence-electron chi connectivity index (χ2n) is 6.00. The normalized spacial score (nSPS) is 17.7. The molecule has 5 heteroatoms. The van der Waals surface area contributed by atoms with Gasteiger partial charge in [-0.3, -0.25) is 9.69 Å². The predicted octanol–water partition coefficient (Wildman–Crippen LogP) is 4.17. The number of ether oxygens (including phenoxy) is 1. The zero-order valence-corrected chi connectivity index (χ0v) is 14.7. The Kier molecular flexibility index (Phi) is 5.28. The molecule has 124 valence electrons. The topological polar surface area (TPSA) is 42.4 Å². The molecule has 1 aromatic carbocycles. The van der Waals surface area contributed by atoms with Gasteiger partial charge in [-0.05, 0) is 37.3 Å². The number of carbonyl (C=O) groups excluding carboxylic acids is 1. The van der Waals surface area contributed by atoms with E-state index in [2.05, 4.69) is 25.1 Å². The van der Waals surface area contributed by atoms with Gasteiger partial charge in [0, 0.05) is 13.0 Å². The number of anilines is 1. The van der Waals surface area contributed by atoms with E-state index in [4.69, 9.17) is 9.72 Å². The van der Waals surface area contributed by atoms with Crippen molar-refractivity contribution in [3.63, 3.8) is 0 Å². The highest BCUT2D eigenvalue weighted by Crippen LogP contribution is 2.32. The maximum Gasteiger partial charge on any atom is 0.228 e. The summed E-state index contributed by atoms with van der Waals surface area (Å²) in [6.45, 7) is 5.61. The molecule has 3 rings (SSSR count). The lowest BCUT2D eigenvalue weighted by atomic mass is 10.1. The van der Waals surface area contributed by atoms with Crippen molar-refractivity contribution in [3.05, 3.63) is 23.8 Å². The summed E-state index contributed by atoms with van der Waals surface area (Å²) < 4.78 is 6.89. The van der Waals surface area contributed by atoms with Crippen molar-refractivity contribution in [2.75, 3.05) is 18.1 Å². The summed E-state index contributed by atoms with van der Waals surface area (Å²) in [5.41, 5.74) is 2.28. The SMILES string of the molecule is CCCC(=O)N(CC1CCCO1)c1nc2c(CC)cccc2s1. The maximum atomic E-state index is 12.6. The molecule has 1 saturated heterocycles. The lowest BCUT2D eigenvalue weighted by Crippen LogP contribution is -2.37. The highest BCUT2D eigenvalue weighted by Gasteiger charge is 2.25. The van der Waals surface area contributed by atoms with Crippen molar-refractivity contribution >= 4 is 32.6 Å². The molecule has 1 amide bonds. The van der Waals surface area contributed by atoms with Crippen molar-refractivity contribution < 1.29 is 9.53 Å². The Morgan fingerprint density at radius 2 is 2.30 bits per heavy atom. The molecule has 1 aromatic heterocycles. The zero-order valence-electron chi connectivity index (χ0n) is 13.9. The minimum Gasteiger partial charge on any atom is -0.376 e. The average Bonchev–Trinajstić information content (AvgIpc) is 3.21. The molecule has 1 unspecified atom stereocenters. The molecule has 2 aromatic rings. The number of benzene rings is 1. The summed E-state index contributed by atoms with van der Waals surface area (Å²) in [5.74, 6) is 0.153. The maximum absolute atomic E-state index is 12.6. The first-order valence-corrected chi connectivity index (χ1v) is 9.35. The Bertz CT molecular complexity index is 677. The second-order valence-corrected chi connectivity index (χ2v) is 7.01. The Morgan fingerprint density at radius 3 is 3.00 bits per heavy atom. The summed E-state index contributed by atoms with van der Waals surface area (Å²) in [4.78, 5) is 19.2. The molecule has 23 heavy (non-hydrogen) atoms. The highest BCUT2D eigenvalue weighted by atomic mass is 32.1. The number of rotatable bonds is 6. The van der Waals surface area contributed by atoms with Crippen LogP contribution in [0.2, 0.25) is 0 Å². The van der Waals surface area contributed by atoms with Crippen LogP contribution in [0.25, 0.3) is 10.2 Å². The number of carbonyl (C=O) groups is 1. The smallest absolute Gasteiger partial charge is 0.228 e. The van der Waals surface area contributed by atoms with E-state index in [1.54, 1.807) is 11.3 Å². The van der Waals surface area contributed by atoms with Gasteiger partial charge in [0.1, 0.15) is 0 Å². The minimum atomic E-state index is 0.147. The van der Waals surface area contributed by atoms with Crippen molar-refractivity contribution in [1.82, 2.24) is 4.98 Å². The number of fused-ring (bicyclic) bond motifs is 1. The van der Waals surface area contributed by atoms with Crippen LogP contribution in [0.15, 0.2) is 18.2 Å². The molecule has 4 nitrogen and oxygen atoms in total. The van der Waals surface area contributed by atoms with E-state index in [0.717, 1.165) is 47.6 Å². The summed E-state index contributed by atoms with van der Waals surface area (Å²) in [7, 11) is 0. The molecule has 1 fully saturated rings. The summed E-state index contributed by atoms with van der Waals surface area (Å²) in [6.07, 6.45) is 4.62. The Labute approximate surface area is 141 Å². The molecule has 1 aliphatic heterocycles. The van der Waals surface area contributed by atoms with Crippen molar-refractivity contribution in [2.24, 2.45) is 0 Å². The van der Waals surface area contributed by atoms with Crippen LogP contribution in [0, 0.1) is 0 Å². The molecule has 0 radical (unpaired) electrons. The van der Waals surface area contributed by atoms with Gasteiger partial charge in [-0.25, -0.2) is 4.98 Å². The fourth-order valence-electron chi connectivity index (χ4n) is 3.02. The number of aryl methyl sites for hydroxylation is 1. The molecule has 1 aliphatic rings. The van der Waals surface area contributed by atoms with E-state index < -0.39 is 0 Å². The van der Waals surface area contributed by atoms with Crippen LogP contribution in [0.4, 0.5) is 5.13 Å². The highest BCUT2D eigenvalue weighted by molar-refractivity contribution is 7.22. The van der Waals surface area contributed by atoms with Gasteiger partial charge in [0.2, 0.25) is 5.91 Å². The van der Waals surface area contributed by atoms with Crippen LogP contribution in [-0.4, -0.2) is 30.1 Å². The lowest BCUT2D eigenvalue weighted by molar-refractivity contribution is -0.119. The third kappa shape index (κ3) is 3.56. The van der Waals surface area contributed by atoms with Crippen LogP contribution < -0.4 is 4.90 Å². The van der Waals surface area contributed by atoms with Crippen molar-refractivity contribution in [3.8, 4) is 0 Å². The molecule has 2 heterocycles. The lowest BCUT2D eigenvalue weighted by Gasteiger charge is -2.22. The van der Waals surface area contributed by atoms with Gasteiger partial charge in [-0.1, -0.05) is 37.3 Å². The molecular formula is C18H24N2O2S. The number of nitrogens with zero attached hydrogens (tertiary/aromatic N) is 2. The van der Waals surface area contributed by atoms with Gasteiger partial charge in [-0.15, -0.1) is 0 Å². The molecule has 1 atom stereocenters. The first-order chi connectivity index (χ1) is 11.2. The summed E-state index contributed by atoms with van der Waals surface area (Å²) in [6, 6.07) is 6.27. The van der Waals surface area contributed by atoms with Gasteiger partial charge in [-0.2, -0.15) is 0 Å². The van der Waals surface area contributed by atoms with Crippen LogP contribution in [0.5, 0.6) is 0 Å². The predicted molar refractivity (Wildman–Crippen MR) is 95.2 cm³/mol.